The van der Waals surface area contributed by atoms with Gasteiger partial charge in [0, 0.05) is 18.4 Å². The molecule has 1 aromatic carbocycles. The van der Waals surface area contributed by atoms with Crippen LogP contribution in [0.2, 0.25) is 0 Å². The second-order valence-electron chi connectivity index (χ2n) is 8.13. The number of amides is 2. The summed E-state index contributed by atoms with van der Waals surface area (Å²) in [5.74, 6) is -3.55. The summed E-state index contributed by atoms with van der Waals surface area (Å²) in [5.41, 5.74) is -1.28. The molecule has 0 spiro atoms. The van der Waals surface area contributed by atoms with E-state index in [-0.39, 0.29) is 29.7 Å². The first-order chi connectivity index (χ1) is 14.8. The number of carbonyl (C=O) groups is 3. The van der Waals surface area contributed by atoms with E-state index >= 15 is 0 Å². The molecule has 6 nitrogen and oxygen atoms in total. The number of aryl methyl sites for hydroxylation is 1. The van der Waals surface area contributed by atoms with Crippen molar-refractivity contribution in [3.63, 3.8) is 0 Å². The van der Waals surface area contributed by atoms with Gasteiger partial charge in [0.1, 0.15) is 11.4 Å². The van der Waals surface area contributed by atoms with Gasteiger partial charge >= 0.3 is 6.18 Å². The van der Waals surface area contributed by atoms with E-state index in [1.54, 1.807) is 6.92 Å². The molecule has 2 N–H and O–H groups in total. The first-order valence-electron chi connectivity index (χ1n) is 9.96. The second kappa shape index (κ2) is 8.07. The van der Waals surface area contributed by atoms with Crippen LogP contribution in [0.5, 0.6) is 0 Å². The highest BCUT2D eigenvalue weighted by Gasteiger charge is 2.59. The van der Waals surface area contributed by atoms with Crippen molar-refractivity contribution < 1.29 is 31.9 Å². The number of halogens is 4. The van der Waals surface area contributed by atoms with E-state index in [0.717, 1.165) is 0 Å². The summed E-state index contributed by atoms with van der Waals surface area (Å²) < 4.78 is 54.9. The normalized spacial score (nSPS) is 15.1. The molecule has 172 valence electrons. The fourth-order valence-corrected chi connectivity index (χ4v) is 3.94. The summed E-state index contributed by atoms with van der Waals surface area (Å²) in [6.07, 6.45) is -4.95. The molecular weight excluding hydrogens is 430 g/mol. The minimum Gasteiger partial charge on any atom is -0.344 e. The van der Waals surface area contributed by atoms with Crippen LogP contribution in [0.15, 0.2) is 18.2 Å². The topological polar surface area (TPSA) is 80.2 Å². The Morgan fingerprint density at radius 2 is 1.72 bits per heavy atom. The van der Waals surface area contributed by atoms with Crippen LogP contribution < -0.4 is 10.6 Å². The molecule has 0 unspecified atom stereocenters. The molecule has 1 heterocycles. The smallest absolute Gasteiger partial charge is 0.344 e. The molecule has 1 fully saturated rings. The van der Waals surface area contributed by atoms with Crippen LogP contribution >= 0.6 is 0 Å². The molecule has 32 heavy (non-hydrogen) atoms. The Morgan fingerprint density at radius 1 is 1.09 bits per heavy atom. The summed E-state index contributed by atoms with van der Waals surface area (Å²) in [4.78, 5) is 38.1. The van der Waals surface area contributed by atoms with Gasteiger partial charge in [-0.2, -0.15) is 13.2 Å². The Bertz CT molecular complexity index is 1110. The van der Waals surface area contributed by atoms with Gasteiger partial charge in [0.15, 0.2) is 0 Å². The second-order valence-corrected chi connectivity index (χ2v) is 8.13. The highest BCUT2D eigenvalue weighted by Crippen LogP contribution is 2.45. The zero-order valence-electron chi connectivity index (χ0n) is 18.0. The number of nitrogens with zero attached hydrogens (tertiary/aromatic N) is 1. The van der Waals surface area contributed by atoms with Gasteiger partial charge in [0.05, 0.1) is 11.3 Å². The number of benzene rings is 1. The van der Waals surface area contributed by atoms with Crippen LogP contribution in [0.3, 0.4) is 0 Å². The van der Waals surface area contributed by atoms with Crippen LogP contribution in [-0.4, -0.2) is 33.9 Å². The molecule has 2 amide bonds. The molecule has 10 heteroatoms. The van der Waals surface area contributed by atoms with Gasteiger partial charge in [-0.25, -0.2) is 4.39 Å². The van der Waals surface area contributed by atoms with Gasteiger partial charge in [-0.1, -0.05) is 0 Å². The number of hydrogen-bond donors (Lipinski definition) is 2. The summed E-state index contributed by atoms with van der Waals surface area (Å²) in [6.45, 7) is 4.53. The highest BCUT2D eigenvalue weighted by atomic mass is 19.4. The van der Waals surface area contributed by atoms with Crippen molar-refractivity contribution in [1.29, 1.82) is 0 Å². The molecule has 2 aromatic rings. The van der Waals surface area contributed by atoms with Crippen LogP contribution in [0.25, 0.3) is 0 Å². The molecule has 1 aliphatic rings. The standard InChI is InChI=1S/C22H23F4N3O3/c1-11-10-14(6-7-15(11)23)27-19(31)16-12(2)17(29(4)13(16)3)18(30)20(32)28-21(8-5-9-21)22(24,25)26/h6-7,10H,5,8-9H2,1-4H3,(H,27,31)(H,28,32). The third-order valence-corrected chi connectivity index (χ3v) is 6.10. The minimum atomic E-state index is -4.67. The average Bonchev–Trinajstić information content (AvgIpc) is 2.88. The number of alkyl halides is 3. The van der Waals surface area contributed by atoms with Crippen molar-refractivity contribution in [1.82, 2.24) is 9.88 Å². The molecule has 0 saturated heterocycles. The highest BCUT2D eigenvalue weighted by molar-refractivity contribution is 6.43. The fraction of sp³-hybridized carbons (Fsp3) is 0.409. The van der Waals surface area contributed by atoms with Gasteiger partial charge in [-0.05, 0) is 69.4 Å². The minimum absolute atomic E-state index is 0.111. The summed E-state index contributed by atoms with van der Waals surface area (Å²) in [5, 5.41) is 4.48. The lowest BCUT2D eigenvalue weighted by atomic mass is 9.76. The molecule has 3 rings (SSSR count). The summed E-state index contributed by atoms with van der Waals surface area (Å²) in [6, 6.07) is 4.02. The van der Waals surface area contributed by atoms with Crippen LogP contribution in [0.4, 0.5) is 23.2 Å². The van der Waals surface area contributed by atoms with E-state index in [1.165, 1.54) is 43.7 Å². The zero-order chi connectivity index (χ0) is 24.0. The fourth-order valence-electron chi connectivity index (χ4n) is 3.94. The Balaban J connectivity index is 1.88. The number of rotatable bonds is 5. The molecule has 1 saturated carbocycles. The van der Waals surface area contributed by atoms with Gasteiger partial charge in [0.25, 0.3) is 17.6 Å². The van der Waals surface area contributed by atoms with Gasteiger partial charge in [-0.3, -0.25) is 14.4 Å². The Hall–Kier alpha value is -3.17. The van der Waals surface area contributed by atoms with E-state index in [2.05, 4.69) is 5.32 Å². The monoisotopic (exact) mass is 453 g/mol. The molecule has 0 atom stereocenters. The van der Waals surface area contributed by atoms with Crippen molar-refractivity contribution in [2.75, 3.05) is 5.32 Å². The number of carbonyl (C=O) groups excluding carboxylic acids is 3. The number of ketones is 1. The van der Waals surface area contributed by atoms with Crippen molar-refractivity contribution in [3.05, 3.63) is 52.1 Å². The predicted molar refractivity (Wildman–Crippen MR) is 109 cm³/mol. The predicted octanol–water partition coefficient (Wildman–Crippen LogP) is 4.13. The third-order valence-electron chi connectivity index (χ3n) is 6.10. The number of aromatic nitrogens is 1. The molecule has 0 radical (unpaired) electrons. The maximum absolute atomic E-state index is 13.5. The molecular formula is C22H23F4N3O3. The van der Waals surface area contributed by atoms with E-state index in [1.807, 2.05) is 5.32 Å². The lowest BCUT2D eigenvalue weighted by Crippen LogP contribution is -2.64. The zero-order valence-corrected chi connectivity index (χ0v) is 18.0. The van der Waals surface area contributed by atoms with Crippen molar-refractivity contribution in [2.24, 2.45) is 7.05 Å². The lowest BCUT2D eigenvalue weighted by molar-refractivity contribution is -0.218. The number of anilines is 1. The Labute approximate surface area is 182 Å². The summed E-state index contributed by atoms with van der Waals surface area (Å²) >= 11 is 0. The molecule has 0 aliphatic heterocycles. The molecule has 1 aromatic heterocycles. The number of nitrogens with one attached hydrogen (secondary N) is 2. The van der Waals surface area contributed by atoms with E-state index in [0.29, 0.717) is 23.4 Å². The SMILES string of the molecule is Cc1cc(NC(=O)c2c(C)c(C(=O)C(=O)NC3(C(F)(F)F)CCC3)n(C)c2C)ccc1F. The summed E-state index contributed by atoms with van der Waals surface area (Å²) in [7, 11) is 1.45. The molecule has 1 aliphatic carbocycles. The van der Waals surface area contributed by atoms with Crippen LogP contribution in [0.1, 0.15) is 56.9 Å². The van der Waals surface area contributed by atoms with Crippen LogP contribution in [-0.2, 0) is 11.8 Å². The largest absolute Gasteiger partial charge is 0.411 e. The lowest BCUT2D eigenvalue weighted by Gasteiger charge is -2.43. The van der Waals surface area contributed by atoms with Gasteiger partial charge < -0.3 is 15.2 Å². The van der Waals surface area contributed by atoms with Gasteiger partial charge in [-0.15, -0.1) is 0 Å². The maximum Gasteiger partial charge on any atom is 0.411 e. The van der Waals surface area contributed by atoms with Crippen molar-refractivity contribution in [3.8, 4) is 0 Å². The van der Waals surface area contributed by atoms with Crippen molar-refractivity contribution >= 4 is 23.3 Å². The molecule has 0 bridgehead atoms. The first-order valence-corrected chi connectivity index (χ1v) is 9.96. The maximum atomic E-state index is 13.5. The first kappa shape index (κ1) is 23.5. The Kier molecular flexibility index (Phi) is 5.92. The third kappa shape index (κ3) is 3.89. The van der Waals surface area contributed by atoms with E-state index in [4.69, 9.17) is 0 Å². The van der Waals surface area contributed by atoms with E-state index in [9.17, 15) is 31.9 Å². The van der Waals surface area contributed by atoms with Gasteiger partial charge in [0.2, 0.25) is 0 Å². The average molecular weight is 453 g/mol. The quantitative estimate of drug-likeness (QED) is 0.406. The van der Waals surface area contributed by atoms with Crippen molar-refractivity contribution in [2.45, 2.75) is 51.7 Å². The Morgan fingerprint density at radius 3 is 2.22 bits per heavy atom. The number of hydrogen-bond acceptors (Lipinski definition) is 3. The van der Waals surface area contributed by atoms with E-state index < -0.39 is 35.1 Å². The number of Topliss-reactive ketones (excluding diaryl/α,β-unsaturated/α-hetero) is 1. The van der Waals surface area contributed by atoms with Crippen LogP contribution in [0, 0.1) is 26.6 Å².